The number of rotatable bonds is 1. The molecular formula is C14H17NO3. The summed E-state index contributed by atoms with van der Waals surface area (Å²) in [6.45, 7) is 0.634. The topological polar surface area (TPSA) is 60.8 Å². The van der Waals surface area contributed by atoms with Gasteiger partial charge in [-0.15, -0.1) is 0 Å². The fraction of sp³-hybridized carbons (Fsp3) is 0.500. The van der Waals surface area contributed by atoms with E-state index in [4.69, 9.17) is 0 Å². The Kier molecular flexibility index (Phi) is 2.74. The molecule has 4 heteroatoms. The van der Waals surface area contributed by atoms with E-state index in [-0.39, 0.29) is 23.8 Å². The highest BCUT2D eigenvalue weighted by molar-refractivity contribution is 5.98. The first kappa shape index (κ1) is 11.5. The Balaban J connectivity index is 1.80. The molecule has 1 aromatic rings. The molecule has 0 spiro atoms. The summed E-state index contributed by atoms with van der Waals surface area (Å²) in [4.78, 5) is 14.2. The Morgan fingerprint density at radius 1 is 1.17 bits per heavy atom. The number of amides is 1. The second-order valence-corrected chi connectivity index (χ2v) is 5.24. The molecule has 2 N–H and O–H groups in total. The summed E-state index contributed by atoms with van der Waals surface area (Å²) in [7, 11) is 0. The van der Waals surface area contributed by atoms with E-state index in [1.54, 1.807) is 12.1 Å². The fourth-order valence-electron chi connectivity index (χ4n) is 2.98. The molecule has 18 heavy (non-hydrogen) atoms. The van der Waals surface area contributed by atoms with E-state index >= 15 is 0 Å². The molecule has 1 aliphatic carbocycles. The molecule has 4 nitrogen and oxygen atoms in total. The number of carbonyl (C=O) groups is 1. The van der Waals surface area contributed by atoms with Gasteiger partial charge in [-0.1, -0.05) is 6.07 Å². The molecule has 1 aliphatic heterocycles. The van der Waals surface area contributed by atoms with E-state index in [0.29, 0.717) is 12.1 Å². The first-order valence-corrected chi connectivity index (χ1v) is 6.46. The molecule has 0 aromatic heterocycles. The zero-order chi connectivity index (χ0) is 12.7. The number of hydrogen-bond donors (Lipinski definition) is 2. The van der Waals surface area contributed by atoms with Crippen LogP contribution in [0.5, 0.6) is 5.75 Å². The minimum absolute atomic E-state index is 0.0160. The molecule has 3 rings (SSSR count). The van der Waals surface area contributed by atoms with Crippen LogP contribution in [0.4, 0.5) is 0 Å². The molecule has 1 amide bonds. The van der Waals surface area contributed by atoms with Crippen molar-refractivity contribution in [1.29, 1.82) is 0 Å². The third-order valence-electron chi connectivity index (χ3n) is 4.03. The first-order chi connectivity index (χ1) is 8.65. The number of phenolic OH excluding ortho intramolecular Hbond substituents is 1. The van der Waals surface area contributed by atoms with Gasteiger partial charge in [0.25, 0.3) is 5.91 Å². The van der Waals surface area contributed by atoms with Crippen molar-refractivity contribution in [2.75, 3.05) is 0 Å². The molecule has 1 saturated carbocycles. The van der Waals surface area contributed by atoms with Crippen LogP contribution in [-0.2, 0) is 6.54 Å². The quantitative estimate of drug-likeness (QED) is 0.793. The molecule has 0 bridgehead atoms. The second-order valence-electron chi connectivity index (χ2n) is 5.24. The number of fused-ring (bicyclic) bond motifs is 1. The molecule has 0 atom stereocenters. The van der Waals surface area contributed by atoms with Crippen LogP contribution in [0.2, 0.25) is 0 Å². The zero-order valence-corrected chi connectivity index (χ0v) is 10.2. The maximum Gasteiger partial charge on any atom is 0.254 e. The second kappa shape index (κ2) is 4.28. The van der Waals surface area contributed by atoms with Crippen LogP contribution in [0.25, 0.3) is 0 Å². The number of nitrogens with zero attached hydrogens (tertiary/aromatic N) is 1. The van der Waals surface area contributed by atoms with Crippen LogP contribution in [0.15, 0.2) is 18.2 Å². The number of hydrogen-bond acceptors (Lipinski definition) is 3. The van der Waals surface area contributed by atoms with Crippen molar-refractivity contribution in [2.45, 2.75) is 44.4 Å². The molecular weight excluding hydrogens is 230 g/mol. The highest BCUT2D eigenvalue weighted by Crippen LogP contribution is 2.32. The van der Waals surface area contributed by atoms with E-state index in [0.717, 1.165) is 31.2 Å². The van der Waals surface area contributed by atoms with Gasteiger partial charge in [-0.2, -0.15) is 0 Å². The Hall–Kier alpha value is -1.55. The molecule has 1 fully saturated rings. The number of aromatic hydroxyl groups is 1. The van der Waals surface area contributed by atoms with Gasteiger partial charge in [-0.05, 0) is 43.4 Å². The van der Waals surface area contributed by atoms with Gasteiger partial charge < -0.3 is 15.1 Å². The summed E-state index contributed by atoms with van der Waals surface area (Å²) in [6, 6.07) is 5.23. The lowest BCUT2D eigenvalue weighted by Gasteiger charge is -2.32. The van der Waals surface area contributed by atoms with E-state index in [9.17, 15) is 15.0 Å². The first-order valence-electron chi connectivity index (χ1n) is 6.46. The molecule has 1 heterocycles. The number of aliphatic hydroxyl groups excluding tert-OH is 1. The van der Waals surface area contributed by atoms with E-state index < -0.39 is 0 Å². The van der Waals surface area contributed by atoms with E-state index in [1.165, 1.54) is 0 Å². The lowest BCUT2D eigenvalue weighted by atomic mass is 9.92. The zero-order valence-electron chi connectivity index (χ0n) is 10.2. The van der Waals surface area contributed by atoms with Crippen molar-refractivity contribution in [2.24, 2.45) is 0 Å². The summed E-state index contributed by atoms with van der Waals surface area (Å²) in [5.74, 6) is 0.158. The third-order valence-corrected chi connectivity index (χ3v) is 4.03. The van der Waals surface area contributed by atoms with Gasteiger partial charge in [0.05, 0.1) is 6.10 Å². The maximum atomic E-state index is 12.3. The van der Waals surface area contributed by atoms with Gasteiger partial charge in [0.2, 0.25) is 0 Å². The average molecular weight is 247 g/mol. The van der Waals surface area contributed by atoms with Crippen LogP contribution < -0.4 is 0 Å². The molecule has 0 unspecified atom stereocenters. The molecule has 96 valence electrons. The summed E-state index contributed by atoms with van der Waals surface area (Å²) in [5, 5.41) is 19.0. The lowest BCUT2D eigenvalue weighted by Crippen LogP contribution is -2.39. The van der Waals surface area contributed by atoms with Crippen molar-refractivity contribution in [1.82, 2.24) is 4.90 Å². The predicted octanol–water partition coefficient (Wildman–Crippen LogP) is 1.65. The van der Waals surface area contributed by atoms with Gasteiger partial charge in [0.15, 0.2) is 0 Å². The summed E-state index contributed by atoms with van der Waals surface area (Å²) < 4.78 is 0. The Morgan fingerprint density at radius 3 is 2.61 bits per heavy atom. The third kappa shape index (κ3) is 1.86. The van der Waals surface area contributed by atoms with Gasteiger partial charge >= 0.3 is 0 Å². The smallest absolute Gasteiger partial charge is 0.254 e. The predicted molar refractivity (Wildman–Crippen MR) is 66.2 cm³/mol. The average Bonchev–Trinajstić information content (AvgIpc) is 2.68. The van der Waals surface area contributed by atoms with Crippen LogP contribution >= 0.6 is 0 Å². The number of aliphatic hydroxyl groups is 1. The number of benzene rings is 1. The SMILES string of the molecule is O=C1c2cc(O)ccc2CN1[C@H]1CC[C@H](O)CC1. The highest BCUT2D eigenvalue weighted by atomic mass is 16.3. The van der Waals surface area contributed by atoms with Crippen LogP contribution in [-0.4, -0.2) is 33.2 Å². The van der Waals surface area contributed by atoms with Crippen molar-refractivity contribution < 1.29 is 15.0 Å². The van der Waals surface area contributed by atoms with Crippen molar-refractivity contribution in [3.05, 3.63) is 29.3 Å². The van der Waals surface area contributed by atoms with Gasteiger partial charge in [0, 0.05) is 18.2 Å². The van der Waals surface area contributed by atoms with Crippen molar-refractivity contribution in [3.63, 3.8) is 0 Å². The molecule has 0 saturated heterocycles. The fourth-order valence-corrected chi connectivity index (χ4v) is 2.98. The lowest BCUT2D eigenvalue weighted by molar-refractivity contribution is 0.0519. The number of carbonyl (C=O) groups excluding carboxylic acids is 1. The van der Waals surface area contributed by atoms with Gasteiger partial charge in [0.1, 0.15) is 5.75 Å². The normalized spacial score (nSPS) is 27.4. The van der Waals surface area contributed by atoms with E-state index in [1.807, 2.05) is 11.0 Å². The van der Waals surface area contributed by atoms with Gasteiger partial charge in [-0.25, -0.2) is 0 Å². The van der Waals surface area contributed by atoms with Gasteiger partial charge in [-0.3, -0.25) is 4.79 Å². The minimum atomic E-state index is -0.203. The number of phenols is 1. The maximum absolute atomic E-state index is 12.3. The molecule has 1 aromatic carbocycles. The Bertz CT molecular complexity index is 478. The monoisotopic (exact) mass is 247 g/mol. The van der Waals surface area contributed by atoms with Crippen LogP contribution in [0.1, 0.15) is 41.6 Å². The van der Waals surface area contributed by atoms with Crippen molar-refractivity contribution >= 4 is 5.91 Å². The highest BCUT2D eigenvalue weighted by Gasteiger charge is 2.34. The Labute approximate surface area is 106 Å². The molecule has 2 aliphatic rings. The van der Waals surface area contributed by atoms with Crippen LogP contribution in [0, 0.1) is 0 Å². The summed E-state index contributed by atoms with van der Waals surface area (Å²) in [5.41, 5.74) is 1.62. The van der Waals surface area contributed by atoms with Crippen LogP contribution in [0.3, 0.4) is 0 Å². The van der Waals surface area contributed by atoms with E-state index in [2.05, 4.69) is 0 Å². The summed E-state index contributed by atoms with van der Waals surface area (Å²) >= 11 is 0. The summed E-state index contributed by atoms with van der Waals surface area (Å²) in [6.07, 6.45) is 3.08. The largest absolute Gasteiger partial charge is 0.508 e. The Morgan fingerprint density at radius 2 is 1.89 bits per heavy atom. The minimum Gasteiger partial charge on any atom is -0.508 e. The van der Waals surface area contributed by atoms with Crippen molar-refractivity contribution in [3.8, 4) is 5.75 Å². The molecule has 0 radical (unpaired) electrons. The standard InChI is InChI=1S/C14H17NO3/c16-11-5-2-10(3-6-11)15-8-9-1-4-12(17)7-13(9)14(15)18/h1,4,7,10-11,16-17H,2-3,5-6,8H2/t10-,11-.